The summed E-state index contributed by atoms with van der Waals surface area (Å²) < 4.78 is 0. The number of hydrogen-bond acceptors (Lipinski definition) is 2. The summed E-state index contributed by atoms with van der Waals surface area (Å²) in [6, 6.07) is 3.70. The molecule has 0 atom stereocenters. The van der Waals surface area contributed by atoms with Gasteiger partial charge in [-0.05, 0) is 39.3 Å². The van der Waals surface area contributed by atoms with E-state index in [2.05, 4.69) is 10.3 Å². The lowest BCUT2D eigenvalue weighted by Gasteiger charge is -2.20. The van der Waals surface area contributed by atoms with Gasteiger partial charge in [0.05, 0.1) is 0 Å². The Balaban J connectivity index is 0.00000196. The van der Waals surface area contributed by atoms with E-state index in [4.69, 9.17) is 0 Å². The van der Waals surface area contributed by atoms with Crippen LogP contribution in [0.4, 0.5) is 0 Å². The van der Waals surface area contributed by atoms with Gasteiger partial charge in [0, 0.05) is 11.7 Å². The van der Waals surface area contributed by atoms with Gasteiger partial charge in [-0.1, -0.05) is 6.07 Å². The molecule has 0 aliphatic rings. The molecular weight excluding hydrogens is 256 g/mol. The van der Waals surface area contributed by atoms with Gasteiger partial charge in [0.1, 0.15) is 5.69 Å². The molecule has 1 aromatic rings. The maximum absolute atomic E-state index is 11.7. The zero-order valence-electron chi connectivity index (χ0n) is 9.50. The van der Waals surface area contributed by atoms with Crippen molar-refractivity contribution < 1.29 is 4.79 Å². The summed E-state index contributed by atoms with van der Waals surface area (Å²) in [6.45, 7) is 7.72. The second-order valence-electron chi connectivity index (χ2n) is 4.37. The van der Waals surface area contributed by atoms with Crippen LogP contribution in [0, 0.1) is 6.92 Å². The molecule has 0 aliphatic carbocycles. The van der Waals surface area contributed by atoms with E-state index in [1.165, 1.54) is 0 Å². The number of aromatic nitrogens is 1. The number of nitrogens with one attached hydrogen (secondary N) is 1. The van der Waals surface area contributed by atoms with Crippen molar-refractivity contribution >= 4 is 22.9 Å². The second-order valence-corrected chi connectivity index (χ2v) is 4.37. The van der Waals surface area contributed by atoms with E-state index in [-0.39, 0.29) is 28.4 Å². The summed E-state index contributed by atoms with van der Waals surface area (Å²) in [6.07, 6.45) is 1.63. The van der Waals surface area contributed by atoms with Crippen LogP contribution >= 0.6 is 17.0 Å². The minimum atomic E-state index is -0.221. The molecule has 4 heteroatoms. The van der Waals surface area contributed by atoms with Crippen LogP contribution in [-0.2, 0) is 0 Å². The van der Waals surface area contributed by atoms with Crippen LogP contribution in [0.1, 0.15) is 36.8 Å². The molecule has 15 heavy (non-hydrogen) atoms. The molecule has 1 aromatic heterocycles. The molecule has 0 fully saturated rings. The van der Waals surface area contributed by atoms with Gasteiger partial charge in [0.15, 0.2) is 0 Å². The molecule has 0 unspecified atom stereocenters. The Labute approximate surface area is 101 Å². The molecule has 1 rings (SSSR count). The van der Waals surface area contributed by atoms with E-state index < -0.39 is 0 Å². The lowest BCUT2D eigenvalue weighted by atomic mass is 10.1. The summed E-state index contributed by atoms with van der Waals surface area (Å²) in [4.78, 5) is 15.8. The predicted molar refractivity (Wildman–Crippen MR) is 66.5 cm³/mol. The molecule has 1 N–H and O–H groups in total. The molecule has 1 heterocycles. The van der Waals surface area contributed by atoms with E-state index in [0.29, 0.717) is 5.69 Å². The first-order valence-electron chi connectivity index (χ1n) is 4.64. The number of amides is 1. The highest BCUT2D eigenvalue weighted by Gasteiger charge is 2.17. The highest BCUT2D eigenvalue weighted by Crippen LogP contribution is 2.06. The topological polar surface area (TPSA) is 42.0 Å². The van der Waals surface area contributed by atoms with E-state index in [1.807, 2.05) is 39.8 Å². The van der Waals surface area contributed by atoms with Gasteiger partial charge in [0.2, 0.25) is 0 Å². The van der Waals surface area contributed by atoms with Crippen LogP contribution in [-0.4, -0.2) is 16.4 Å². The van der Waals surface area contributed by atoms with E-state index in [1.54, 1.807) is 6.20 Å². The number of carbonyl (C=O) groups is 1. The minimum absolute atomic E-state index is 0. The van der Waals surface area contributed by atoms with Crippen molar-refractivity contribution in [3.05, 3.63) is 29.6 Å². The summed E-state index contributed by atoms with van der Waals surface area (Å²) in [5.41, 5.74) is 1.18. The first-order chi connectivity index (χ1) is 6.40. The summed E-state index contributed by atoms with van der Waals surface area (Å²) in [5.74, 6) is -0.115. The van der Waals surface area contributed by atoms with Crippen LogP contribution in [0.3, 0.4) is 0 Å². The van der Waals surface area contributed by atoms with Crippen molar-refractivity contribution in [2.45, 2.75) is 33.2 Å². The maximum Gasteiger partial charge on any atom is 0.270 e. The van der Waals surface area contributed by atoms with Crippen LogP contribution in [0.15, 0.2) is 18.3 Å². The van der Waals surface area contributed by atoms with Crippen molar-refractivity contribution in [2.24, 2.45) is 0 Å². The molecule has 0 aliphatic heterocycles. The summed E-state index contributed by atoms with van der Waals surface area (Å²) in [7, 11) is 0. The zero-order chi connectivity index (χ0) is 10.8. The number of halogens is 1. The SMILES string of the molecule is Br.Cc1cccnc1C(=O)NC(C)(C)C. The first-order valence-corrected chi connectivity index (χ1v) is 4.64. The number of carbonyl (C=O) groups excluding carboxylic acids is 1. The quantitative estimate of drug-likeness (QED) is 0.854. The Morgan fingerprint density at radius 2 is 2.00 bits per heavy atom. The Bertz CT molecular complexity index is 345. The van der Waals surface area contributed by atoms with Crippen molar-refractivity contribution in [2.75, 3.05) is 0 Å². The smallest absolute Gasteiger partial charge is 0.270 e. The van der Waals surface area contributed by atoms with Crippen LogP contribution in [0.25, 0.3) is 0 Å². The van der Waals surface area contributed by atoms with Crippen molar-refractivity contribution in [1.29, 1.82) is 0 Å². The Kier molecular flexibility index (Phi) is 4.94. The fourth-order valence-electron chi connectivity index (χ4n) is 1.12. The number of nitrogens with zero attached hydrogens (tertiary/aromatic N) is 1. The molecule has 0 saturated heterocycles. The summed E-state index contributed by atoms with van der Waals surface area (Å²) in [5, 5.41) is 2.87. The minimum Gasteiger partial charge on any atom is -0.346 e. The molecule has 1 amide bonds. The van der Waals surface area contributed by atoms with Gasteiger partial charge in [-0.2, -0.15) is 0 Å². The van der Waals surface area contributed by atoms with Crippen LogP contribution in [0.2, 0.25) is 0 Å². The molecule has 0 aromatic carbocycles. The third-order valence-corrected chi connectivity index (χ3v) is 1.71. The molecule has 84 valence electrons. The second kappa shape index (κ2) is 5.26. The zero-order valence-corrected chi connectivity index (χ0v) is 11.2. The van der Waals surface area contributed by atoms with Gasteiger partial charge in [0.25, 0.3) is 5.91 Å². The van der Waals surface area contributed by atoms with Gasteiger partial charge in [-0.25, -0.2) is 0 Å². The van der Waals surface area contributed by atoms with E-state index in [0.717, 1.165) is 5.56 Å². The summed E-state index contributed by atoms with van der Waals surface area (Å²) >= 11 is 0. The molecule has 0 radical (unpaired) electrons. The first kappa shape index (κ1) is 14.1. The highest BCUT2D eigenvalue weighted by atomic mass is 79.9. The monoisotopic (exact) mass is 272 g/mol. The number of aryl methyl sites for hydroxylation is 1. The Morgan fingerprint density at radius 1 is 1.40 bits per heavy atom. The lowest BCUT2D eigenvalue weighted by Crippen LogP contribution is -2.41. The lowest BCUT2D eigenvalue weighted by molar-refractivity contribution is 0.0914. The van der Waals surface area contributed by atoms with Gasteiger partial charge < -0.3 is 5.32 Å². The van der Waals surface area contributed by atoms with E-state index in [9.17, 15) is 4.79 Å². The largest absolute Gasteiger partial charge is 0.346 e. The van der Waals surface area contributed by atoms with Gasteiger partial charge >= 0.3 is 0 Å². The standard InChI is InChI=1S/C11H16N2O.BrH/c1-8-6-5-7-12-9(8)10(14)13-11(2,3)4;/h5-7H,1-4H3,(H,13,14);1H. The third kappa shape index (κ3) is 4.42. The van der Waals surface area contributed by atoms with Crippen molar-refractivity contribution in [3.63, 3.8) is 0 Å². The van der Waals surface area contributed by atoms with Crippen molar-refractivity contribution in [1.82, 2.24) is 10.3 Å². The molecule has 0 spiro atoms. The fraction of sp³-hybridized carbons (Fsp3) is 0.455. The molecule has 0 bridgehead atoms. The average molecular weight is 273 g/mol. The van der Waals surface area contributed by atoms with Crippen LogP contribution < -0.4 is 5.32 Å². The maximum atomic E-state index is 11.7. The number of hydrogen-bond donors (Lipinski definition) is 1. The van der Waals surface area contributed by atoms with Crippen molar-refractivity contribution in [3.8, 4) is 0 Å². The fourth-order valence-corrected chi connectivity index (χ4v) is 1.12. The van der Waals surface area contributed by atoms with Gasteiger partial charge in [-0.3, -0.25) is 9.78 Å². The Morgan fingerprint density at radius 3 is 2.47 bits per heavy atom. The highest BCUT2D eigenvalue weighted by molar-refractivity contribution is 8.93. The number of rotatable bonds is 1. The molecular formula is C11H17BrN2O. The van der Waals surface area contributed by atoms with E-state index >= 15 is 0 Å². The number of pyridine rings is 1. The molecule has 0 saturated carbocycles. The average Bonchev–Trinajstić information content (AvgIpc) is 2.01. The normalized spacial score (nSPS) is 10.4. The Hall–Kier alpha value is -0.900. The molecule has 3 nitrogen and oxygen atoms in total. The predicted octanol–water partition coefficient (Wildman–Crippen LogP) is 2.50. The van der Waals surface area contributed by atoms with Gasteiger partial charge in [-0.15, -0.1) is 17.0 Å². The van der Waals surface area contributed by atoms with Crippen LogP contribution in [0.5, 0.6) is 0 Å². The third-order valence-electron chi connectivity index (χ3n) is 1.71.